The Balaban J connectivity index is 2.16. The number of aromatic nitrogens is 1. The van der Waals surface area contributed by atoms with Crippen LogP contribution < -0.4 is 4.80 Å². The summed E-state index contributed by atoms with van der Waals surface area (Å²) in [5, 5.41) is 1.79. The Morgan fingerprint density at radius 2 is 1.96 bits per heavy atom. The Hall–Kier alpha value is -2.78. The molecule has 0 N–H and O–H groups in total. The summed E-state index contributed by atoms with van der Waals surface area (Å²) in [6, 6.07) is 8.39. The van der Waals surface area contributed by atoms with E-state index < -0.39 is 17.8 Å². The molecule has 0 aliphatic carbocycles. The molecule has 0 saturated heterocycles. The lowest BCUT2D eigenvalue weighted by molar-refractivity contribution is -0.141. The van der Waals surface area contributed by atoms with E-state index in [1.54, 1.807) is 40.3 Å². The average molecular weight is 390 g/mol. The zero-order valence-corrected chi connectivity index (χ0v) is 15.6. The Morgan fingerprint density at radius 1 is 1.15 bits per heavy atom. The molecule has 134 valence electrons. The molecule has 26 heavy (non-hydrogen) atoms. The average Bonchev–Trinajstić information content (AvgIpc) is 3.29. The largest absolute Gasteiger partial charge is 0.468 e. The molecule has 3 aromatic rings. The van der Waals surface area contributed by atoms with E-state index in [0.29, 0.717) is 25.5 Å². The van der Waals surface area contributed by atoms with E-state index in [4.69, 9.17) is 9.47 Å². The fourth-order valence-electron chi connectivity index (χ4n) is 2.29. The molecule has 0 saturated carbocycles. The normalized spacial score (nSPS) is 11.5. The van der Waals surface area contributed by atoms with Gasteiger partial charge < -0.3 is 14.0 Å². The van der Waals surface area contributed by atoms with Gasteiger partial charge in [0.05, 0.1) is 34.9 Å². The van der Waals surface area contributed by atoms with Crippen LogP contribution in [0.25, 0.3) is 10.2 Å². The summed E-state index contributed by atoms with van der Waals surface area (Å²) in [4.78, 5) is 40.8. The molecule has 0 aliphatic heterocycles. The monoisotopic (exact) mass is 390 g/mol. The van der Waals surface area contributed by atoms with Crippen molar-refractivity contribution in [3.05, 3.63) is 51.0 Å². The van der Waals surface area contributed by atoms with Crippen molar-refractivity contribution in [2.45, 2.75) is 6.54 Å². The first-order valence-corrected chi connectivity index (χ1v) is 9.14. The maximum atomic E-state index is 12.3. The molecule has 1 amide bonds. The number of hydrogen-bond donors (Lipinski definition) is 0. The second-order valence-electron chi connectivity index (χ2n) is 5.12. The lowest BCUT2D eigenvalue weighted by Gasteiger charge is -2.04. The number of rotatable bonds is 4. The Bertz CT molecular complexity index is 1050. The third-order valence-corrected chi connectivity index (χ3v) is 5.45. The SMILES string of the molecule is COC(=O)Cn1c(=NC(=O)c2cccs2)sc2cc(C(=O)OC)ccc21. The van der Waals surface area contributed by atoms with Crippen molar-refractivity contribution in [3.63, 3.8) is 0 Å². The van der Waals surface area contributed by atoms with E-state index in [1.165, 1.54) is 36.9 Å². The van der Waals surface area contributed by atoms with Gasteiger partial charge in [0.2, 0.25) is 0 Å². The number of amides is 1. The second kappa shape index (κ2) is 7.63. The standard InChI is InChI=1S/C17H14N2O5S2/c1-23-14(20)9-19-11-6-5-10(16(22)24-2)8-13(11)26-17(19)18-15(21)12-4-3-7-25-12/h3-8H,9H2,1-2H3. The Kier molecular flexibility index (Phi) is 5.29. The van der Waals surface area contributed by atoms with Gasteiger partial charge in [-0.15, -0.1) is 11.3 Å². The number of esters is 2. The number of thiazole rings is 1. The van der Waals surface area contributed by atoms with Crippen LogP contribution in [-0.4, -0.2) is 36.6 Å². The number of methoxy groups -OCH3 is 2. The summed E-state index contributed by atoms with van der Waals surface area (Å²) in [5.74, 6) is -1.32. The smallest absolute Gasteiger partial charge is 0.337 e. The van der Waals surface area contributed by atoms with Crippen molar-refractivity contribution < 1.29 is 23.9 Å². The molecule has 9 heteroatoms. The van der Waals surface area contributed by atoms with Crippen LogP contribution in [0.5, 0.6) is 0 Å². The molecule has 0 unspecified atom stereocenters. The number of carbonyl (C=O) groups is 3. The van der Waals surface area contributed by atoms with E-state index in [2.05, 4.69) is 4.99 Å². The summed E-state index contributed by atoms with van der Waals surface area (Å²) in [6.45, 7) is -0.0926. The minimum atomic E-state index is -0.466. The highest BCUT2D eigenvalue weighted by Crippen LogP contribution is 2.20. The van der Waals surface area contributed by atoms with Gasteiger partial charge in [-0.1, -0.05) is 17.4 Å². The predicted molar refractivity (Wildman–Crippen MR) is 97.4 cm³/mol. The molecule has 7 nitrogen and oxygen atoms in total. The molecule has 0 radical (unpaired) electrons. The second-order valence-corrected chi connectivity index (χ2v) is 7.07. The third-order valence-electron chi connectivity index (χ3n) is 3.55. The summed E-state index contributed by atoms with van der Waals surface area (Å²) < 4.78 is 11.8. The van der Waals surface area contributed by atoms with E-state index in [1.807, 2.05) is 0 Å². The first-order chi connectivity index (χ1) is 12.5. The number of thiophene rings is 1. The lowest BCUT2D eigenvalue weighted by atomic mass is 10.2. The fourth-order valence-corrected chi connectivity index (χ4v) is 3.97. The number of nitrogens with zero attached hydrogens (tertiary/aromatic N) is 2. The maximum Gasteiger partial charge on any atom is 0.337 e. The minimum absolute atomic E-state index is 0.0926. The highest BCUT2D eigenvalue weighted by Gasteiger charge is 2.15. The van der Waals surface area contributed by atoms with E-state index >= 15 is 0 Å². The highest BCUT2D eigenvalue weighted by atomic mass is 32.1. The zero-order valence-electron chi connectivity index (χ0n) is 13.9. The van der Waals surface area contributed by atoms with Crippen molar-refractivity contribution >= 4 is 50.7 Å². The van der Waals surface area contributed by atoms with Gasteiger partial charge in [-0.05, 0) is 29.6 Å². The number of hydrogen-bond acceptors (Lipinski definition) is 7. The van der Waals surface area contributed by atoms with Crippen molar-refractivity contribution in [3.8, 4) is 0 Å². The molecular formula is C17H14N2O5S2. The van der Waals surface area contributed by atoms with E-state index in [-0.39, 0.29) is 6.54 Å². The summed E-state index contributed by atoms with van der Waals surface area (Å²) in [7, 11) is 2.60. The van der Waals surface area contributed by atoms with Crippen LogP contribution in [-0.2, 0) is 20.8 Å². The Labute approximate surface area is 156 Å². The van der Waals surface area contributed by atoms with Crippen molar-refractivity contribution in [1.29, 1.82) is 0 Å². The molecule has 3 rings (SSSR count). The van der Waals surface area contributed by atoms with Gasteiger partial charge in [-0.2, -0.15) is 4.99 Å². The van der Waals surface area contributed by atoms with Gasteiger partial charge in [0, 0.05) is 0 Å². The van der Waals surface area contributed by atoms with Gasteiger partial charge in [0.15, 0.2) is 4.80 Å². The quantitative estimate of drug-likeness (QED) is 0.639. The summed E-state index contributed by atoms with van der Waals surface area (Å²) in [5.41, 5.74) is 1.05. The lowest BCUT2D eigenvalue weighted by Crippen LogP contribution is -2.22. The first kappa shape index (κ1) is 18.0. The van der Waals surface area contributed by atoms with Crippen LogP contribution in [0.2, 0.25) is 0 Å². The number of fused-ring (bicyclic) bond motifs is 1. The maximum absolute atomic E-state index is 12.3. The van der Waals surface area contributed by atoms with Crippen LogP contribution in [0.1, 0.15) is 20.0 Å². The van der Waals surface area contributed by atoms with Crippen LogP contribution in [0.15, 0.2) is 40.7 Å². The van der Waals surface area contributed by atoms with Gasteiger partial charge in [-0.25, -0.2) is 4.79 Å². The number of ether oxygens (including phenoxy) is 2. The molecule has 0 fully saturated rings. The van der Waals surface area contributed by atoms with Crippen LogP contribution >= 0.6 is 22.7 Å². The highest BCUT2D eigenvalue weighted by molar-refractivity contribution is 7.16. The third kappa shape index (κ3) is 3.58. The van der Waals surface area contributed by atoms with Crippen LogP contribution in [0.3, 0.4) is 0 Å². The van der Waals surface area contributed by atoms with Crippen molar-refractivity contribution in [2.24, 2.45) is 4.99 Å². The first-order valence-electron chi connectivity index (χ1n) is 7.44. The van der Waals surface area contributed by atoms with Crippen molar-refractivity contribution in [1.82, 2.24) is 4.57 Å². The van der Waals surface area contributed by atoms with Gasteiger partial charge in [-0.3, -0.25) is 9.59 Å². The summed E-state index contributed by atoms with van der Waals surface area (Å²) in [6.07, 6.45) is 0. The van der Waals surface area contributed by atoms with Gasteiger partial charge >= 0.3 is 11.9 Å². The van der Waals surface area contributed by atoms with E-state index in [9.17, 15) is 14.4 Å². The molecule has 0 aliphatic rings. The van der Waals surface area contributed by atoms with Crippen molar-refractivity contribution in [2.75, 3.05) is 14.2 Å². The molecule has 0 spiro atoms. The molecule has 1 aromatic carbocycles. The van der Waals surface area contributed by atoms with Gasteiger partial charge in [0.25, 0.3) is 5.91 Å². The Morgan fingerprint density at radius 3 is 2.62 bits per heavy atom. The molecule has 2 aromatic heterocycles. The zero-order chi connectivity index (χ0) is 18.7. The predicted octanol–water partition coefficient (Wildman–Crippen LogP) is 2.46. The topological polar surface area (TPSA) is 87.0 Å². The van der Waals surface area contributed by atoms with Crippen LogP contribution in [0.4, 0.5) is 0 Å². The molecule has 0 bridgehead atoms. The molecule has 0 atom stereocenters. The minimum Gasteiger partial charge on any atom is -0.468 e. The number of carbonyl (C=O) groups excluding carboxylic acids is 3. The van der Waals surface area contributed by atoms with E-state index in [0.717, 1.165) is 0 Å². The van der Waals surface area contributed by atoms with Crippen LogP contribution in [0, 0.1) is 0 Å². The summed E-state index contributed by atoms with van der Waals surface area (Å²) >= 11 is 2.50. The molecule has 2 heterocycles. The number of benzene rings is 1. The fraction of sp³-hybridized carbons (Fsp3) is 0.176. The molecular weight excluding hydrogens is 376 g/mol. The van der Waals surface area contributed by atoms with Gasteiger partial charge in [0.1, 0.15) is 6.54 Å².